The number of carbonyl (C=O) groups excluding carboxylic acids is 1. The molecule has 3 rings (SSSR count). The lowest BCUT2D eigenvalue weighted by atomic mass is 10.2. The molecule has 0 spiro atoms. The van der Waals surface area contributed by atoms with Gasteiger partial charge < -0.3 is 14.0 Å². The van der Waals surface area contributed by atoms with Gasteiger partial charge in [0.05, 0.1) is 27.3 Å². The minimum absolute atomic E-state index is 0.121. The number of hydrogen-bond donors (Lipinski definition) is 0. The van der Waals surface area contributed by atoms with Crippen molar-refractivity contribution in [3.05, 3.63) is 39.0 Å². The third-order valence-electron chi connectivity index (χ3n) is 4.51. The van der Waals surface area contributed by atoms with Crippen molar-refractivity contribution in [3.8, 4) is 35.2 Å². The van der Waals surface area contributed by atoms with Crippen LogP contribution in [0.25, 0.3) is 22.6 Å². The zero-order valence-corrected chi connectivity index (χ0v) is 16.6. The Morgan fingerprint density at radius 2 is 1.86 bits per heavy atom. The fraction of sp³-hybridized carbons (Fsp3) is 0.300. The lowest BCUT2D eigenvalue weighted by Crippen LogP contribution is -2.41. The molecule has 29 heavy (non-hydrogen) atoms. The standard InChI is InChI=1S/C20H20N4O5/c1-6-9-23-19(26)16-18(24(20(23)27)11-12(2)25)21-17(22(16)3)13-7-8-14(28-4)15(10-13)29-5/h1,7-8,10H,9,11H2,2-5H3. The van der Waals surface area contributed by atoms with Gasteiger partial charge >= 0.3 is 5.69 Å². The number of fused-ring (bicyclic) bond motifs is 1. The average molecular weight is 396 g/mol. The summed E-state index contributed by atoms with van der Waals surface area (Å²) < 4.78 is 14.2. The van der Waals surface area contributed by atoms with Crippen LogP contribution in [0.15, 0.2) is 27.8 Å². The molecule has 3 aromatic rings. The fourth-order valence-corrected chi connectivity index (χ4v) is 3.19. The van der Waals surface area contributed by atoms with Crippen molar-refractivity contribution in [1.82, 2.24) is 18.7 Å². The number of aromatic nitrogens is 4. The predicted molar refractivity (Wildman–Crippen MR) is 107 cm³/mol. The molecular formula is C20H20N4O5. The summed E-state index contributed by atoms with van der Waals surface area (Å²) in [7, 11) is 4.70. The molecule has 0 aliphatic carbocycles. The van der Waals surface area contributed by atoms with Crippen LogP contribution in [0.2, 0.25) is 0 Å². The Morgan fingerprint density at radius 3 is 2.45 bits per heavy atom. The first kappa shape index (κ1) is 19.9. The van der Waals surface area contributed by atoms with E-state index < -0.39 is 11.2 Å². The van der Waals surface area contributed by atoms with Gasteiger partial charge in [-0.25, -0.2) is 14.3 Å². The molecule has 0 N–H and O–H groups in total. The average Bonchev–Trinajstić information content (AvgIpc) is 3.05. The van der Waals surface area contributed by atoms with Crippen LogP contribution in [0.3, 0.4) is 0 Å². The molecule has 150 valence electrons. The van der Waals surface area contributed by atoms with Crippen molar-refractivity contribution < 1.29 is 14.3 Å². The molecule has 0 fully saturated rings. The number of Topliss-reactive ketones (excluding diaryl/α,β-unsaturated/α-hetero) is 1. The summed E-state index contributed by atoms with van der Waals surface area (Å²) in [4.78, 5) is 41.9. The summed E-state index contributed by atoms with van der Waals surface area (Å²) in [6.07, 6.45) is 5.31. The molecule has 0 bridgehead atoms. The Labute approximate surface area is 166 Å². The van der Waals surface area contributed by atoms with Gasteiger partial charge in [0.15, 0.2) is 22.7 Å². The number of benzene rings is 1. The highest BCUT2D eigenvalue weighted by Crippen LogP contribution is 2.32. The SMILES string of the molecule is C#CCn1c(=O)c2c(nc(-c3ccc(OC)c(OC)c3)n2C)n(CC(C)=O)c1=O. The van der Waals surface area contributed by atoms with E-state index in [-0.39, 0.29) is 30.0 Å². The van der Waals surface area contributed by atoms with Crippen LogP contribution in [0.1, 0.15) is 6.92 Å². The third-order valence-corrected chi connectivity index (χ3v) is 4.51. The minimum Gasteiger partial charge on any atom is -0.493 e. The molecular weight excluding hydrogens is 376 g/mol. The lowest BCUT2D eigenvalue weighted by molar-refractivity contribution is -0.117. The van der Waals surface area contributed by atoms with Crippen molar-refractivity contribution in [2.24, 2.45) is 7.05 Å². The molecule has 0 radical (unpaired) electrons. The van der Waals surface area contributed by atoms with E-state index in [1.165, 1.54) is 25.7 Å². The maximum absolute atomic E-state index is 12.9. The van der Waals surface area contributed by atoms with E-state index in [2.05, 4.69) is 10.9 Å². The Morgan fingerprint density at radius 1 is 1.17 bits per heavy atom. The fourth-order valence-electron chi connectivity index (χ4n) is 3.19. The molecule has 0 saturated heterocycles. The van der Waals surface area contributed by atoms with E-state index in [1.54, 1.807) is 29.8 Å². The number of rotatable bonds is 6. The van der Waals surface area contributed by atoms with Gasteiger partial charge in [-0.15, -0.1) is 6.42 Å². The van der Waals surface area contributed by atoms with Crippen LogP contribution < -0.4 is 20.7 Å². The first-order chi connectivity index (χ1) is 13.8. The summed E-state index contributed by atoms with van der Waals surface area (Å²) in [5.74, 6) is 3.50. The van der Waals surface area contributed by atoms with Gasteiger partial charge in [0.1, 0.15) is 11.6 Å². The van der Waals surface area contributed by atoms with Gasteiger partial charge in [-0.2, -0.15) is 0 Å². The summed E-state index contributed by atoms with van der Waals surface area (Å²) >= 11 is 0. The number of carbonyl (C=O) groups is 1. The Bertz CT molecular complexity index is 1270. The van der Waals surface area contributed by atoms with E-state index in [1.807, 2.05) is 0 Å². The molecule has 0 saturated carbocycles. The van der Waals surface area contributed by atoms with Gasteiger partial charge in [0.25, 0.3) is 5.56 Å². The first-order valence-corrected chi connectivity index (χ1v) is 8.69. The van der Waals surface area contributed by atoms with Crippen molar-refractivity contribution >= 4 is 16.9 Å². The highest BCUT2D eigenvalue weighted by Gasteiger charge is 2.21. The number of hydrogen-bond acceptors (Lipinski definition) is 6. The maximum atomic E-state index is 12.9. The second kappa shape index (κ2) is 7.67. The van der Waals surface area contributed by atoms with Gasteiger partial charge in [-0.05, 0) is 25.1 Å². The minimum atomic E-state index is -0.674. The van der Waals surface area contributed by atoms with E-state index >= 15 is 0 Å². The molecule has 2 heterocycles. The Hall–Kier alpha value is -3.80. The number of terminal acetylenes is 1. The molecule has 0 atom stereocenters. The van der Waals surface area contributed by atoms with E-state index in [9.17, 15) is 14.4 Å². The number of nitrogens with zero attached hydrogens (tertiary/aromatic N) is 4. The predicted octanol–water partition coefficient (Wildman–Crippen LogP) is 0.803. The molecule has 9 nitrogen and oxygen atoms in total. The van der Waals surface area contributed by atoms with Crippen LogP contribution in [0, 0.1) is 12.3 Å². The Kier molecular flexibility index (Phi) is 5.28. The Balaban J connectivity index is 2.38. The summed E-state index contributed by atoms with van der Waals surface area (Å²) in [6.45, 7) is 0.929. The molecule has 2 aromatic heterocycles. The van der Waals surface area contributed by atoms with E-state index in [0.717, 1.165) is 4.57 Å². The normalized spacial score (nSPS) is 10.7. The van der Waals surface area contributed by atoms with Gasteiger partial charge in [0.2, 0.25) is 0 Å². The number of aryl methyl sites for hydroxylation is 1. The van der Waals surface area contributed by atoms with Crippen LogP contribution in [-0.4, -0.2) is 38.7 Å². The van der Waals surface area contributed by atoms with Crippen molar-refractivity contribution in [2.75, 3.05) is 14.2 Å². The number of ketones is 1. The zero-order chi connectivity index (χ0) is 21.3. The van der Waals surface area contributed by atoms with Crippen molar-refractivity contribution in [2.45, 2.75) is 20.0 Å². The highest BCUT2D eigenvalue weighted by atomic mass is 16.5. The van der Waals surface area contributed by atoms with Crippen LogP contribution in [-0.2, 0) is 24.9 Å². The second-order valence-electron chi connectivity index (χ2n) is 6.40. The van der Waals surface area contributed by atoms with Crippen molar-refractivity contribution in [1.29, 1.82) is 0 Å². The number of methoxy groups -OCH3 is 2. The van der Waals surface area contributed by atoms with Crippen molar-refractivity contribution in [3.63, 3.8) is 0 Å². The maximum Gasteiger partial charge on any atom is 0.334 e. The molecule has 0 amide bonds. The first-order valence-electron chi connectivity index (χ1n) is 8.69. The molecule has 1 aromatic carbocycles. The zero-order valence-electron chi connectivity index (χ0n) is 16.6. The molecule has 0 unspecified atom stereocenters. The summed E-state index contributed by atoms with van der Waals surface area (Å²) in [6, 6.07) is 5.19. The van der Waals surface area contributed by atoms with Gasteiger partial charge in [0, 0.05) is 12.6 Å². The monoisotopic (exact) mass is 396 g/mol. The molecule has 9 heteroatoms. The number of ether oxygens (including phenoxy) is 2. The van der Waals surface area contributed by atoms with E-state index in [4.69, 9.17) is 15.9 Å². The van der Waals surface area contributed by atoms with Crippen LogP contribution in [0.5, 0.6) is 11.5 Å². The summed E-state index contributed by atoms with van der Waals surface area (Å²) in [5, 5.41) is 0. The van der Waals surface area contributed by atoms with E-state index in [0.29, 0.717) is 22.9 Å². The molecule has 0 aliphatic rings. The second-order valence-corrected chi connectivity index (χ2v) is 6.40. The number of imidazole rings is 1. The van der Waals surface area contributed by atoms with Crippen LogP contribution in [0.4, 0.5) is 0 Å². The van der Waals surface area contributed by atoms with Crippen LogP contribution >= 0.6 is 0 Å². The molecule has 0 aliphatic heterocycles. The third kappa shape index (κ3) is 3.29. The van der Waals surface area contributed by atoms with Gasteiger partial charge in [-0.3, -0.25) is 14.2 Å². The highest BCUT2D eigenvalue weighted by molar-refractivity contribution is 5.80. The largest absolute Gasteiger partial charge is 0.493 e. The smallest absolute Gasteiger partial charge is 0.334 e. The van der Waals surface area contributed by atoms with Gasteiger partial charge in [-0.1, -0.05) is 5.92 Å². The quantitative estimate of drug-likeness (QED) is 0.572. The topological polar surface area (TPSA) is 97.3 Å². The summed E-state index contributed by atoms with van der Waals surface area (Å²) in [5.41, 5.74) is -0.301. The lowest BCUT2D eigenvalue weighted by Gasteiger charge is -2.09.